The minimum Gasteiger partial charge on any atom is -0.366 e. The molecule has 0 saturated carbocycles. The maximum atomic E-state index is 12.8. The number of amides is 1. The zero-order valence-electron chi connectivity index (χ0n) is 19.2. The Balaban J connectivity index is 1.54. The fraction of sp³-hybridized carbons (Fsp3) is 0.259. The third-order valence-electron chi connectivity index (χ3n) is 5.55. The number of nitrogens with two attached hydrogens (primary N) is 1. The minimum absolute atomic E-state index is 0.122. The van der Waals surface area contributed by atoms with Crippen LogP contribution in [0.4, 0.5) is 5.82 Å². The number of benzene rings is 2. The maximum Gasteiger partial charge on any atom is 0.251 e. The number of nitrogens with zero attached hydrogens (tertiary/aromatic N) is 2. The molecular formula is C27H31N5O. The minimum atomic E-state index is -0.122. The van der Waals surface area contributed by atoms with Crippen molar-refractivity contribution >= 4 is 17.4 Å². The molecule has 0 saturated heterocycles. The van der Waals surface area contributed by atoms with Crippen LogP contribution < -0.4 is 16.4 Å². The Morgan fingerprint density at radius 3 is 2.48 bits per heavy atom. The number of hydrogen-bond donors (Lipinski definition) is 3. The smallest absolute Gasteiger partial charge is 0.251 e. The van der Waals surface area contributed by atoms with Crippen molar-refractivity contribution in [2.24, 2.45) is 11.7 Å². The van der Waals surface area contributed by atoms with E-state index in [0.717, 1.165) is 34.7 Å². The van der Waals surface area contributed by atoms with Crippen LogP contribution in [0.3, 0.4) is 0 Å². The summed E-state index contributed by atoms with van der Waals surface area (Å²) in [5.74, 6) is 1.33. The summed E-state index contributed by atoms with van der Waals surface area (Å²) in [5, 5.41) is 6.55. The molecule has 6 heteroatoms. The molecule has 0 unspecified atom stereocenters. The summed E-state index contributed by atoms with van der Waals surface area (Å²) in [6.45, 7) is 6.02. The highest BCUT2D eigenvalue weighted by Crippen LogP contribution is 2.23. The average Bonchev–Trinajstić information content (AvgIpc) is 3.17. The molecule has 2 aromatic carbocycles. The first-order valence-corrected chi connectivity index (χ1v) is 11.4. The fourth-order valence-corrected chi connectivity index (χ4v) is 3.88. The third kappa shape index (κ3) is 5.59. The number of carbonyl (C=O) groups excluding carboxylic acids is 1. The normalized spacial score (nSPS) is 11.2. The number of anilines is 1. The van der Waals surface area contributed by atoms with Gasteiger partial charge in [0.1, 0.15) is 11.5 Å². The lowest BCUT2D eigenvalue weighted by atomic mass is 10.1. The van der Waals surface area contributed by atoms with E-state index in [4.69, 9.17) is 10.7 Å². The second-order valence-corrected chi connectivity index (χ2v) is 8.69. The number of aromatic nitrogens is 2. The zero-order chi connectivity index (χ0) is 23.2. The second-order valence-electron chi connectivity index (χ2n) is 8.69. The van der Waals surface area contributed by atoms with Crippen LogP contribution >= 0.6 is 0 Å². The van der Waals surface area contributed by atoms with E-state index < -0.39 is 0 Å². The lowest BCUT2D eigenvalue weighted by Crippen LogP contribution is -2.23. The van der Waals surface area contributed by atoms with Crippen molar-refractivity contribution in [1.82, 2.24) is 14.7 Å². The monoisotopic (exact) mass is 441 g/mol. The first kappa shape index (κ1) is 22.6. The van der Waals surface area contributed by atoms with E-state index in [-0.39, 0.29) is 5.91 Å². The number of imidazole rings is 1. The molecule has 0 radical (unpaired) electrons. The molecule has 0 spiro atoms. The SMILES string of the molecule is CC(C)Cc1nc2cc(C(=O)NCc3cccc(CN)c3)ccn2c1NCc1ccccc1. The quantitative estimate of drug-likeness (QED) is 0.356. The highest BCUT2D eigenvalue weighted by atomic mass is 16.1. The van der Waals surface area contributed by atoms with Crippen molar-refractivity contribution in [2.45, 2.75) is 39.9 Å². The molecule has 2 aromatic heterocycles. The molecule has 4 rings (SSSR count). The Bertz CT molecular complexity index is 1230. The fourth-order valence-electron chi connectivity index (χ4n) is 3.88. The van der Waals surface area contributed by atoms with E-state index in [0.29, 0.717) is 31.1 Å². The van der Waals surface area contributed by atoms with Crippen LogP contribution in [0.1, 0.15) is 46.6 Å². The van der Waals surface area contributed by atoms with Gasteiger partial charge in [-0.05, 0) is 41.2 Å². The predicted octanol–water partition coefficient (Wildman–Crippen LogP) is 4.53. The van der Waals surface area contributed by atoms with Crippen LogP contribution in [0.25, 0.3) is 5.65 Å². The maximum absolute atomic E-state index is 12.8. The van der Waals surface area contributed by atoms with E-state index in [1.54, 1.807) is 0 Å². The molecule has 0 aliphatic carbocycles. The Morgan fingerprint density at radius 2 is 1.73 bits per heavy atom. The Hall–Kier alpha value is -3.64. The van der Waals surface area contributed by atoms with Crippen LogP contribution in [-0.2, 0) is 26.1 Å². The lowest BCUT2D eigenvalue weighted by Gasteiger charge is -2.11. The summed E-state index contributed by atoms with van der Waals surface area (Å²) < 4.78 is 2.03. The largest absolute Gasteiger partial charge is 0.366 e. The molecule has 33 heavy (non-hydrogen) atoms. The first-order valence-electron chi connectivity index (χ1n) is 11.4. The molecule has 0 aliphatic rings. The molecule has 2 heterocycles. The molecule has 4 aromatic rings. The standard InChI is InChI=1S/C27H31N5O/c1-19(2)13-24-26(29-17-20-7-4-3-5-8-20)32-12-11-23(15-25(32)31-24)27(33)30-18-22-10-6-9-21(14-22)16-28/h3-12,14-15,19,29H,13,16-18,28H2,1-2H3,(H,30,33). The number of hydrogen-bond acceptors (Lipinski definition) is 4. The predicted molar refractivity (Wildman–Crippen MR) is 133 cm³/mol. The van der Waals surface area contributed by atoms with Gasteiger partial charge in [0.05, 0.1) is 5.69 Å². The van der Waals surface area contributed by atoms with Gasteiger partial charge in [-0.2, -0.15) is 0 Å². The van der Waals surface area contributed by atoms with Gasteiger partial charge in [-0.15, -0.1) is 0 Å². The van der Waals surface area contributed by atoms with Gasteiger partial charge in [0.2, 0.25) is 0 Å². The summed E-state index contributed by atoms with van der Waals surface area (Å²) in [5.41, 5.74) is 11.4. The molecule has 4 N–H and O–H groups in total. The van der Waals surface area contributed by atoms with E-state index in [1.807, 2.05) is 65.2 Å². The number of nitrogens with one attached hydrogen (secondary N) is 2. The Morgan fingerprint density at radius 1 is 0.970 bits per heavy atom. The van der Waals surface area contributed by atoms with Crippen molar-refractivity contribution in [2.75, 3.05) is 5.32 Å². The molecule has 6 nitrogen and oxygen atoms in total. The summed E-state index contributed by atoms with van der Waals surface area (Å²) in [4.78, 5) is 17.7. The van der Waals surface area contributed by atoms with Gasteiger partial charge < -0.3 is 16.4 Å². The third-order valence-corrected chi connectivity index (χ3v) is 5.55. The van der Waals surface area contributed by atoms with E-state index >= 15 is 0 Å². The van der Waals surface area contributed by atoms with Crippen molar-refractivity contribution in [3.8, 4) is 0 Å². The summed E-state index contributed by atoms with van der Waals surface area (Å²) in [6, 6.07) is 21.9. The van der Waals surface area contributed by atoms with Gasteiger partial charge in [-0.3, -0.25) is 9.20 Å². The number of fused-ring (bicyclic) bond motifs is 1. The highest BCUT2D eigenvalue weighted by molar-refractivity contribution is 5.95. The van der Waals surface area contributed by atoms with E-state index in [1.165, 1.54) is 5.56 Å². The van der Waals surface area contributed by atoms with Crippen molar-refractivity contribution in [3.05, 3.63) is 101 Å². The average molecular weight is 442 g/mol. The molecule has 1 amide bonds. The van der Waals surface area contributed by atoms with Gasteiger partial charge in [0, 0.05) is 31.4 Å². The molecule has 0 bridgehead atoms. The molecule has 0 atom stereocenters. The highest BCUT2D eigenvalue weighted by Gasteiger charge is 2.15. The van der Waals surface area contributed by atoms with Gasteiger partial charge in [-0.1, -0.05) is 68.4 Å². The number of rotatable bonds is 9. The molecule has 0 fully saturated rings. The van der Waals surface area contributed by atoms with Crippen LogP contribution in [0.15, 0.2) is 72.9 Å². The summed E-state index contributed by atoms with van der Waals surface area (Å²) in [6.07, 6.45) is 2.78. The van der Waals surface area contributed by atoms with Crippen LogP contribution in [0, 0.1) is 5.92 Å². The van der Waals surface area contributed by atoms with Gasteiger partial charge in [0.25, 0.3) is 5.91 Å². The Labute approximate surface area is 194 Å². The van der Waals surface area contributed by atoms with Crippen LogP contribution in [-0.4, -0.2) is 15.3 Å². The van der Waals surface area contributed by atoms with Crippen molar-refractivity contribution < 1.29 is 4.79 Å². The number of pyridine rings is 1. The van der Waals surface area contributed by atoms with Gasteiger partial charge >= 0.3 is 0 Å². The van der Waals surface area contributed by atoms with E-state index in [2.05, 4.69) is 36.6 Å². The zero-order valence-corrected chi connectivity index (χ0v) is 19.2. The van der Waals surface area contributed by atoms with Gasteiger partial charge in [-0.25, -0.2) is 4.98 Å². The first-order chi connectivity index (χ1) is 16.0. The lowest BCUT2D eigenvalue weighted by molar-refractivity contribution is 0.0951. The molecular weight excluding hydrogens is 410 g/mol. The van der Waals surface area contributed by atoms with Crippen LogP contribution in [0.5, 0.6) is 0 Å². The Kier molecular flexibility index (Phi) is 7.05. The van der Waals surface area contributed by atoms with Crippen molar-refractivity contribution in [3.63, 3.8) is 0 Å². The van der Waals surface area contributed by atoms with Crippen LogP contribution in [0.2, 0.25) is 0 Å². The molecule has 0 aliphatic heterocycles. The summed E-state index contributed by atoms with van der Waals surface area (Å²) >= 11 is 0. The number of carbonyl (C=O) groups is 1. The van der Waals surface area contributed by atoms with E-state index in [9.17, 15) is 4.79 Å². The molecule has 170 valence electrons. The second kappa shape index (κ2) is 10.3. The topological polar surface area (TPSA) is 84.5 Å². The van der Waals surface area contributed by atoms with Gasteiger partial charge in [0.15, 0.2) is 0 Å². The summed E-state index contributed by atoms with van der Waals surface area (Å²) in [7, 11) is 0. The van der Waals surface area contributed by atoms with Crippen molar-refractivity contribution in [1.29, 1.82) is 0 Å².